The number of carbonyl (C=O) groups is 1. The Morgan fingerprint density at radius 1 is 0.833 bits per heavy atom. The number of hydrogen-bond acceptors (Lipinski definition) is 4. The maximum Gasteiger partial charge on any atom is 0.255 e. The fraction of sp³-hybridized carbons (Fsp3) is 0.125. The van der Waals surface area contributed by atoms with E-state index in [-0.39, 0.29) is 5.91 Å². The second-order valence-corrected chi connectivity index (χ2v) is 6.68. The monoisotopic (exact) mass is 402 g/mol. The molecule has 0 atom stereocenters. The number of rotatable bonds is 6. The summed E-state index contributed by atoms with van der Waals surface area (Å²) in [5, 5.41) is 4.11. The van der Waals surface area contributed by atoms with E-state index in [0.717, 1.165) is 22.2 Å². The van der Waals surface area contributed by atoms with Gasteiger partial charge in [0.15, 0.2) is 11.5 Å². The van der Waals surface area contributed by atoms with Crippen LogP contribution in [0, 0.1) is 0 Å². The van der Waals surface area contributed by atoms with Crippen LogP contribution in [-0.2, 0) is 0 Å². The van der Waals surface area contributed by atoms with Crippen molar-refractivity contribution >= 4 is 22.5 Å². The molecule has 0 unspecified atom stereocenters. The van der Waals surface area contributed by atoms with Crippen molar-refractivity contribution in [2.45, 2.75) is 0 Å². The van der Waals surface area contributed by atoms with Crippen LogP contribution in [0.3, 0.4) is 0 Å². The molecule has 0 aliphatic heterocycles. The summed E-state index contributed by atoms with van der Waals surface area (Å²) in [6.07, 6.45) is 0. The van der Waals surface area contributed by atoms with Gasteiger partial charge in [0, 0.05) is 27.7 Å². The average Bonchev–Trinajstić information content (AvgIpc) is 3.22. The van der Waals surface area contributed by atoms with E-state index in [1.165, 1.54) is 21.3 Å². The number of anilines is 1. The van der Waals surface area contributed by atoms with E-state index in [0.29, 0.717) is 28.5 Å². The summed E-state index contributed by atoms with van der Waals surface area (Å²) >= 11 is 0. The molecule has 4 rings (SSSR count). The predicted molar refractivity (Wildman–Crippen MR) is 118 cm³/mol. The summed E-state index contributed by atoms with van der Waals surface area (Å²) < 4.78 is 16.0. The largest absolute Gasteiger partial charge is 0.493 e. The Balaban J connectivity index is 1.69. The van der Waals surface area contributed by atoms with E-state index in [9.17, 15) is 4.79 Å². The lowest BCUT2D eigenvalue weighted by Gasteiger charge is -2.15. The van der Waals surface area contributed by atoms with Crippen molar-refractivity contribution < 1.29 is 19.0 Å². The fourth-order valence-corrected chi connectivity index (χ4v) is 3.45. The molecule has 1 amide bonds. The molecule has 0 radical (unpaired) electrons. The quantitative estimate of drug-likeness (QED) is 0.470. The Labute approximate surface area is 174 Å². The highest BCUT2D eigenvalue weighted by atomic mass is 16.5. The van der Waals surface area contributed by atoms with Crippen molar-refractivity contribution in [1.82, 2.24) is 4.98 Å². The molecule has 0 aliphatic rings. The van der Waals surface area contributed by atoms with Gasteiger partial charge in [0.05, 0.1) is 27.0 Å². The maximum atomic E-state index is 13.0. The number of methoxy groups -OCH3 is 3. The Morgan fingerprint density at radius 3 is 2.17 bits per heavy atom. The van der Waals surface area contributed by atoms with Crippen LogP contribution in [0.5, 0.6) is 17.2 Å². The molecule has 2 N–H and O–H groups in total. The van der Waals surface area contributed by atoms with Crippen LogP contribution in [0.4, 0.5) is 5.69 Å². The highest BCUT2D eigenvalue weighted by Gasteiger charge is 2.18. The minimum atomic E-state index is -0.280. The first kappa shape index (κ1) is 19.4. The van der Waals surface area contributed by atoms with Gasteiger partial charge >= 0.3 is 0 Å². The third-order valence-corrected chi connectivity index (χ3v) is 4.92. The normalized spacial score (nSPS) is 10.6. The first-order chi connectivity index (χ1) is 14.6. The smallest absolute Gasteiger partial charge is 0.255 e. The van der Waals surface area contributed by atoms with Crippen molar-refractivity contribution in [1.29, 1.82) is 0 Å². The lowest BCUT2D eigenvalue weighted by molar-refractivity contribution is 0.102. The van der Waals surface area contributed by atoms with Crippen molar-refractivity contribution in [2.24, 2.45) is 0 Å². The number of carbonyl (C=O) groups excluding carboxylic acids is 1. The Bertz CT molecular complexity index is 1150. The Morgan fingerprint density at radius 2 is 1.50 bits per heavy atom. The molecule has 0 fully saturated rings. The molecule has 6 heteroatoms. The van der Waals surface area contributed by atoms with Crippen molar-refractivity contribution in [3.63, 3.8) is 0 Å². The Hall–Kier alpha value is -3.93. The van der Waals surface area contributed by atoms with Gasteiger partial charge in [-0.1, -0.05) is 36.4 Å². The predicted octanol–water partition coefficient (Wildman–Crippen LogP) is 5.11. The number of fused-ring (bicyclic) bond motifs is 1. The van der Waals surface area contributed by atoms with E-state index in [1.807, 2.05) is 48.5 Å². The van der Waals surface area contributed by atoms with Gasteiger partial charge < -0.3 is 24.5 Å². The molecule has 152 valence electrons. The molecular weight excluding hydrogens is 380 g/mol. The van der Waals surface area contributed by atoms with Gasteiger partial charge in [0.25, 0.3) is 5.91 Å². The third kappa shape index (κ3) is 3.55. The number of para-hydroxylation sites is 2. The van der Waals surface area contributed by atoms with Gasteiger partial charge in [-0.3, -0.25) is 4.79 Å². The third-order valence-electron chi connectivity index (χ3n) is 4.92. The van der Waals surface area contributed by atoms with Crippen molar-refractivity contribution in [2.75, 3.05) is 26.6 Å². The standard InChI is InChI=1S/C24H22N2O4/c1-28-21-13-16(14-22(29-2)23(21)30-3)24(27)26-19-11-7-5-9-17(19)20-12-15-8-4-6-10-18(15)25-20/h4-14,25H,1-3H3,(H,26,27). The lowest BCUT2D eigenvalue weighted by atomic mass is 10.1. The number of aromatic amines is 1. The van der Waals surface area contributed by atoms with Crippen LogP contribution in [0.2, 0.25) is 0 Å². The van der Waals surface area contributed by atoms with Crippen molar-refractivity contribution in [3.05, 3.63) is 72.3 Å². The zero-order valence-corrected chi connectivity index (χ0v) is 17.0. The molecule has 0 saturated heterocycles. The summed E-state index contributed by atoms with van der Waals surface area (Å²) in [7, 11) is 4.56. The first-order valence-corrected chi connectivity index (χ1v) is 9.43. The van der Waals surface area contributed by atoms with Gasteiger partial charge in [-0.05, 0) is 30.3 Å². The van der Waals surface area contributed by atoms with Crippen molar-refractivity contribution in [3.8, 4) is 28.5 Å². The molecule has 0 aliphatic carbocycles. The van der Waals surface area contributed by atoms with Gasteiger partial charge in [0.2, 0.25) is 5.75 Å². The summed E-state index contributed by atoms with van der Waals surface area (Å²) in [6, 6.07) is 21.0. The summed E-state index contributed by atoms with van der Waals surface area (Å²) in [6.45, 7) is 0. The second-order valence-electron chi connectivity index (χ2n) is 6.68. The molecule has 3 aromatic carbocycles. The van der Waals surface area contributed by atoms with Crippen LogP contribution < -0.4 is 19.5 Å². The maximum absolute atomic E-state index is 13.0. The number of aromatic nitrogens is 1. The van der Waals surface area contributed by atoms with Crippen LogP contribution in [0.25, 0.3) is 22.2 Å². The van der Waals surface area contributed by atoms with Gasteiger partial charge in [-0.25, -0.2) is 0 Å². The molecule has 4 aromatic rings. The van der Waals surface area contributed by atoms with E-state index < -0.39 is 0 Å². The molecule has 0 spiro atoms. The fourth-order valence-electron chi connectivity index (χ4n) is 3.45. The molecule has 1 heterocycles. The number of H-pyrrole nitrogens is 1. The number of hydrogen-bond donors (Lipinski definition) is 2. The van der Waals surface area contributed by atoms with E-state index in [2.05, 4.69) is 16.4 Å². The molecule has 0 bridgehead atoms. The van der Waals surface area contributed by atoms with Crippen LogP contribution in [0.1, 0.15) is 10.4 Å². The van der Waals surface area contributed by atoms with Gasteiger partial charge in [-0.2, -0.15) is 0 Å². The number of nitrogens with one attached hydrogen (secondary N) is 2. The minimum Gasteiger partial charge on any atom is -0.493 e. The zero-order valence-electron chi connectivity index (χ0n) is 17.0. The molecule has 1 aromatic heterocycles. The van der Waals surface area contributed by atoms with E-state index in [1.54, 1.807) is 12.1 Å². The number of ether oxygens (including phenoxy) is 3. The van der Waals surface area contributed by atoms with Crippen LogP contribution >= 0.6 is 0 Å². The molecule has 6 nitrogen and oxygen atoms in total. The lowest BCUT2D eigenvalue weighted by Crippen LogP contribution is -2.13. The van der Waals surface area contributed by atoms with Crippen LogP contribution in [0.15, 0.2) is 66.7 Å². The highest BCUT2D eigenvalue weighted by Crippen LogP contribution is 2.38. The summed E-state index contributed by atoms with van der Waals surface area (Å²) in [5.74, 6) is 1.00. The summed E-state index contributed by atoms with van der Waals surface area (Å²) in [5.41, 5.74) is 3.96. The van der Waals surface area contributed by atoms with Gasteiger partial charge in [-0.15, -0.1) is 0 Å². The summed E-state index contributed by atoms with van der Waals surface area (Å²) in [4.78, 5) is 16.4. The zero-order chi connectivity index (χ0) is 21.1. The molecule has 30 heavy (non-hydrogen) atoms. The minimum absolute atomic E-state index is 0.280. The SMILES string of the molecule is COc1cc(C(=O)Nc2ccccc2-c2cc3ccccc3[nH]2)cc(OC)c1OC. The molecular formula is C24H22N2O4. The van der Waals surface area contributed by atoms with E-state index >= 15 is 0 Å². The highest BCUT2D eigenvalue weighted by molar-refractivity contribution is 6.07. The van der Waals surface area contributed by atoms with E-state index in [4.69, 9.17) is 14.2 Å². The topological polar surface area (TPSA) is 72.6 Å². The number of amides is 1. The van der Waals surface area contributed by atoms with Crippen LogP contribution in [-0.4, -0.2) is 32.2 Å². The number of benzene rings is 3. The Kier molecular flexibility index (Phi) is 5.30. The first-order valence-electron chi connectivity index (χ1n) is 9.43. The second kappa shape index (κ2) is 8.21. The molecule has 0 saturated carbocycles. The van der Waals surface area contributed by atoms with Gasteiger partial charge in [0.1, 0.15) is 0 Å². The average molecular weight is 402 g/mol.